The number of hydrogen-bond donors (Lipinski definition) is 0. The molecule has 3 rings (SSSR count). The number of rotatable bonds is 3. The Bertz CT molecular complexity index is 925. The van der Waals surface area contributed by atoms with Crippen molar-refractivity contribution in [2.24, 2.45) is 0 Å². The average Bonchev–Trinajstić information content (AvgIpc) is 2.67. The molecule has 0 bridgehead atoms. The van der Waals surface area contributed by atoms with Gasteiger partial charge >= 0.3 is 6.18 Å². The highest BCUT2D eigenvalue weighted by Gasteiger charge is 2.34. The predicted octanol–water partition coefficient (Wildman–Crippen LogP) is 2.25. The number of alkyl halides is 3. The Morgan fingerprint density at radius 1 is 1.00 bits per heavy atom. The molecule has 0 spiro atoms. The molecule has 0 aliphatic carbocycles. The van der Waals surface area contributed by atoms with Gasteiger partial charge in [0.05, 0.1) is 10.5 Å². The van der Waals surface area contributed by atoms with E-state index < -0.39 is 26.7 Å². The van der Waals surface area contributed by atoms with Gasteiger partial charge < -0.3 is 4.90 Å². The molecule has 1 fully saturated rings. The molecule has 2 heterocycles. The zero-order valence-corrected chi connectivity index (χ0v) is 14.9. The molecule has 2 aromatic rings. The van der Waals surface area contributed by atoms with E-state index in [4.69, 9.17) is 0 Å². The lowest BCUT2D eigenvalue weighted by molar-refractivity contribution is -0.137. The molecular weight excluding hydrogens is 383 g/mol. The van der Waals surface area contributed by atoms with Crippen molar-refractivity contribution in [1.29, 1.82) is 0 Å². The molecule has 1 aliphatic rings. The molecule has 10 heteroatoms. The van der Waals surface area contributed by atoms with Crippen LogP contribution in [0.4, 0.5) is 13.2 Å². The molecule has 1 amide bonds. The zero-order chi connectivity index (χ0) is 19.7. The van der Waals surface area contributed by atoms with Crippen LogP contribution in [0.1, 0.15) is 16.1 Å². The number of pyridine rings is 1. The minimum Gasteiger partial charge on any atom is -0.335 e. The predicted molar refractivity (Wildman–Crippen MR) is 90.3 cm³/mol. The number of amides is 1. The normalized spacial score (nSPS) is 16.3. The fraction of sp³-hybridized carbons (Fsp3) is 0.294. The number of halogens is 3. The van der Waals surface area contributed by atoms with Gasteiger partial charge in [-0.3, -0.25) is 9.78 Å². The molecule has 1 saturated heterocycles. The maximum atomic E-state index is 12.8. The quantitative estimate of drug-likeness (QED) is 0.794. The van der Waals surface area contributed by atoms with E-state index in [1.54, 1.807) is 18.2 Å². The fourth-order valence-electron chi connectivity index (χ4n) is 2.76. The summed E-state index contributed by atoms with van der Waals surface area (Å²) in [6.45, 7) is 0.259. The molecule has 1 aromatic heterocycles. The summed E-state index contributed by atoms with van der Waals surface area (Å²) in [6, 6.07) is 8.56. The molecule has 0 N–H and O–H groups in total. The van der Waals surface area contributed by atoms with Gasteiger partial charge in [-0.15, -0.1) is 0 Å². The third-order valence-corrected chi connectivity index (χ3v) is 6.10. The Labute approximate surface area is 154 Å². The summed E-state index contributed by atoms with van der Waals surface area (Å²) < 4.78 is 64.9. The van der Waals surface area contributed by atoms with Crippen LogP contribution in [-0.4, -0.2) is 54.7 Å². The summed E-state index contributed by atoms with van der Waals surface area (Å²) >= 11 is 0. The van der Waals surface area contributed by atoms with Crippen LogP contribution in [-0.2, 0) is 16.2 Å². The molecule has 0 unspecified atom stereocenters. The lowest BCUT2D eigenvalue weighted by Crippen LogP contribution is -2.50. The van der Waals surface area contributed by atoms with E-state index in [0.717, 1.165) is 22.5 Å². The van der Waals surface area contributed by atoms with Crippen LogP contribution in [0.15, 0.2) is 53.6 Å². The van der Waals surface area contributed by atoms with Gasteiger partial charge in [0, 0.05) is 32.4 Å². The van der Waals surface area contributed by atoms with E-state index in [1.807, 2.05) is 0 Å². The van der Waals surface area contributed by atoms with Gasteiger partial charge in [0.2, 0.25) is 10.0 Å². The first-order valence-electron chi connectivity index (χ1n) is 8.07. The van der Waals surface area contributed by atoms with Gasteiger partial charge in [-0.05, 0) is 30.3 Å². The van der Waals surface area contributed by atoms with Crippen molar-refractivity contribution < 1.29 is 26.4 Å². The standard InChI is InChI=1S/C17H16F3N3O3S/c18-17(19,20)13-4-3-5-14(12-13)27(25,26)23-10-8-22(9-11-23)16(24)15-6-1-2-7-21-15/h1-7,12H,8-11H2. The first kappa shape index (κ1) is 19.3. The Morgan fingerprint density at radius 2 is 1.70 bits per heavy atom. The van der Waals surface area contributed by atoms with Crippen molar-refractivity contribution in [2.75, 3.05) is 26.2 Å². The van der Waals surface area contributed by atoms with E-state index in [1.165, 1.54) is 11.1 Å². The van der Waals surface area contributed by atoms with Gasteiger partial charge in [-0.2, -0.15) is 17.5 Å². The van der Waals surface area contributed by atoms with Crippen LogP contribution in [0.25, 0.3) is 0 Å². The molecule has 1 aliphatic heterocycles. The van der Waals surface area contributed by atoms with E-state index in [-0.39, 0.29) is 37.8 Å². The van der Waals surface area contributed by atoms with Gasteiger partial charge in [-0.25, -0.2) is 8.42 Å². The molecule has 0 radical (unpaired) electrons. The van der Waals surface area contributed by atoms with Crippen molar-refractivity contribution in [1.82, 2.24) is 14.2 Å². The smallest absolute Gasteiger partial charge is 0.335 e. The Hall–Kier alpha value is -2.46. The summed E-state index contributed by atoms with van der Waals surface area (Å²) in [5.41, 5.74) is -0.765. The minimum absolute atomic E-state index is 0.00283. The van der Waals surface area contributed by atoms with Crippen molar-refractivity contribution in [3.63, 3.8) is 0 Å². The highest BCUT2D eigenvalue weighted by Crippen LogP contribution is 2.31. The first-order valence-corrected chi connectivity index (χ1v) is 9.51. The Balaban J connectivity index is 1.73. The number of hydrogen-bond acceptors (Lipinski definition) is 4. The summed E-state index contributed by atoms with van der Waals surface area (Å²) in [5, 5.41) is 0. The number of benzene rings is 1. The molecule has 27 heavy (non-hydrogen) atoms. The number of nitrogens with zero attached hydrogens (tertiary/aromatic N) is 3. The lowest BCUT2D eigenvalue weighted by atomic mass is 10.2. The highest BCUT2D eigenvalue weighted by atomic mass is 32.2. The highest BCUT2D eigenvalue weighted by molar-refractivity contribution is 7.89. The van der Waals surface area contributed by atoms with Gasteiger partial charge in [0.1, 0.15) is 5.69 Å². The molecular formula is C17H16F3N3O3S. The molecule has 1 aromatic carbocycles. The van der Waals surface area contributed by atoms with Crippen molar-refractivity contribution in [3.8, 4) is 0 Å². The van der Waals surface area contributed by atoms with Crippen molar-refractivity contribution >= 4 is 15.9 Å². The van der Waals surface area contributed by atoms with Crippen molar-refractivity contribution in [2.45, 2.75) is 11.1 Å². The largest absolute Gasteiger partial charge is 0.416 e. The topological polar surface area (TPSA) is 70.6 Å². The van der Waals surface area contributed by atoms with E-state index in [9.17, 15) is 26.4 Å². The lowest BCUT2D eigenvalue weighted by Gasteiger charge is -2.33. The summed E-state index contributed by atoms with van der Waals surface area (Å²) in [4.78, 5) is 17.4. The van der Waals surface area contributed by atoms with Gasteiger partial charge in [-0.1, -0.05) is 12.1 Å². The number of piperazine rings is 1. The van der Waals surface area contributed by atoms with E-state index in [2.05, 4.69) is 4.98 Å². The van der Waals surface area contributed by atoms with Gasteiger partial charge in [0.15, 0.2) is 0 Å². The van der Waals surface area contributed by atoms with Gasteiger partial charge in [0.25, 0.3) is 5.91 Å². The van der Waals surface area contributed by atoms with E-state index >= 15 is 0 Å². The Kier molecular flexibility index (Phi) is 5.20. The maximum absolute atomic E-state index is 12.8. The second-order valence-electron chi connectivity index (χ2n) is 5.94. The maximum Gasteiger partial charge on any atom is 0.416 e. The monoisotopic (exact) mass is 399 g/mol. The first-order chi connectivity index (χ1) is 12.7. The van der Waals surface area contributed by atoms with Crippen LogP contribution in [0.3, 0.4) is 0 Å². The Morgan fingerprint density at radius 3 is 2.30 bits per heavy atom. The minimum atomic E-state index is -4.63. The summed E-state index contributed by atoms with van der Waals surface area (Å²) in [7, 11) is -4.08. The number of carbonyl (C=O) groups is 1. The van der Waals surface area contributed by atoms with Crippen LogP contribution in [0, 0.1) is 0 Å². The van der Waals surface area contributed by atoms with Crippen LogP contribution >= 0.6 is 0 Å². The van der Waals surface area contributed by atoms with Crippen molar-refractivity contribution in [3.05, 3.63) is 59.9 Å². The third kappa shape index (κ3) is 4.11. The SMILES string of the molecule is O=C(c1ccccn1)N1CCN(S(=O)(=O)c2cccc(C(F)(F)F)c2)CC1. The second kappa shape index (κ2) is 7.28. The molecule has 144 valence electrons. The van der Waals surface area contributed by atoms with Crippen LogP contribution in [0.2, 0.25) is 0 Å². The average molecular weight is 399 g/mol. The number of sulfonamides is 1. The fourth-order valence-corrected chi connectivity index (χ4v) is 4.23. The number of carbonyl (C=O) groups excluding carboxylic acids is 1. The summed E-state index contributed by atoms with van der Waals surface area (Å²) in [5.74, 6) is -0.313. The van der Waals surface area contributed by atoms with Crippen LogP contribution < -0.4 is 0 Å². The molecule has 0 atom stereocenters. The summed E-state index contributed by atoms with van der Waals surface area (Å²) in [6.07, 6.45) is -3.14. The molecule has 0 saturated carbocycles. The zero-order valence-electron chi connectivity index (χ0n) is 14.1. The third-order valence-electron chi connectivity index (χ3n) is 4.21. The van der Waals surface area contributed by atoms with E-state index in [0.29, 0.717) is 6.07 Å². The van der Waals surface area contributed by atoms with Crippen LogP contribution in [0.5, 0.6) is 0 Å². The molecule has 6 nitrogen and oxygen atoms in total. The number of aromatic nitrogens is 1. The second-order valence-corrected chi connectivity index (χ2v) is 7.87.